The minimum absolute atomic E-state index is 0.204. The van der Waals surface area contributed by atoms with Crippen molar-refractivity contribution in [3.8, 4) is 0 Å². The van der Waals surface area contributed by atoms with Crippen molar-refractivity contribution in [2.24, 2.45) is 0 Å². The van der Waals surface area contributed by atoms with Gasteiger partial charge in [-0.05, 0) is 29.8 Å². The average Bonchev–Trinajstić information content (AvgIpc) is 2.44. The number of hydrogen-bond donors (Lipinski definition) is 0. The molecule has 0 unspecified atom stereocenters. The summed E-state index contributed by atoms with van der Waals surface area (Å²) in [6.45, 7) is 0. The molecule has 0 bridgehead atoms. The topological polar surface area (TPSA) is 86.3 Å². The second kappa shape index (κ2) is 5.91. The lowest BCUT2D eigenvalue weighted by Gasteiger charge is -1.98. The molecule has 0 fully saturated rings. The maximum absolute atomic E-state index is 13.0. The van der Waals surface area contributed by atoms with Crippen LogP contribution in [0.1, 0.15) is 11.1 Å². The van der Waals surface area contributed by atoms with Gasteiger partial charge in [-0.15, -0.1) is 0 Å². The van der Waals surface area contributed by atoms with Crippen LogP contribution in [0.2, 0.25) is 0 Å². The van der Waals surface area contributed by atoms with Gasteiger partial charge in [0.05, 0.1) is 21.5 Å². The molecule has 0 aliphatic heterocycles. The summed E-state index contributed by atoms with van der Waals surface area (Å²) in [6.07, 6.45) is 2.91. The molecule has 0 saturated carbocycles. The number of nitrogens with zero attached hydrogens (tertiary/aromatic N) is 2. The van der Waals surface area contributed by atoms with E-state index >= 15 is 0 Å². The van der Waals surface area contributed by atoms with Gasteiger partial charge in [-0.2, -0.15) is 0 Å². The summed E-state index contributed by atoms with van der Waals surface area (Å²) in [5.41, 5.74) is -0.000953. The summed E-state index contributed by atoms with van der Waals surface area (Å²) in [5.74, 6) is -0.421. The van der Waals surface area contributed by atoms with Crippen LogP contribution in [0.15, 0.2) is 42.5 Å². The van der Waals surface area contributed by atoms with E-state index in [0.29, 0.717) is 5.56 Å². The van der Waals surface area contributed by atoms with Crippen LogP contribution in [0.25, 0.3) is 12.2 Å². The highest BCUT2D eigenvalue weighted by Gasteiger charge is 2.17. The van der Waals surface area contributed by atoms with Gasteiger partial charge in [0.25, 0.3) is 11.4 Å². The molecule has 21 heavy (non-hydrogen) atoms. The number of nitro groups is 2. The van der Waals surface area contributed by atoms with Crippen LogP contribution in [-0.4, -0.2) is 9.85 Å². The molecule has 0 spiro atoms. The van der Waals surface area contributed by atoms with Crippen molar-refractivity contribution in [2.75, 3.05) is 0 Å². The first-order valence-electron chi connectivity index (χ1n) is 5.84. The fraction of sp³-hybridized carbons (Fsp3) is 0. The monoisotopic (exact) mass is 288 g/mol. The van der Waals surface area contributed by atoms with Gasteiger partial charge >= 0.3 is 0 Å². The van der Waals surface area contributed by atoms with Gasteiger partial charge in [0.15, 0.2) is 0 Å². The summed E-state index contributed by atoms with van der Waals surface area (Å²) in [6, 6.07) is 9.06. The van der Waals surface area contributed by atoms with E-state index in [1.807, 2.05) is 0 Å². The van der Waals surface area contributed by atoms with E-state index in [-0.39, 0.29) is 16.9 Å². The van der Waals surface area contributed by atoms with Crippen molar-refractivity contribution in [3.63, 3.8) is 0 Å². The Morgan fingerprint density at radius 1 is 0.952 bits per heavy atom. The molecule has 2 aromatic rings. The Balaban J connectivity index is 2.39. The molecule has 0 amide bonds. The predicted octanol–water partition coefficient (Wildman–Crippen LogP) is 3.81. The summed E-state index contributed by atoms with van der Waals surface area (Å²) >= 11 is 0. The molecule has 0 saturated heterocycles. The number of benzene rings is 2. The second-order valence-corrected chi connectivity index (χ2v) is 4.15. The first-order valence-corrected chi connectivity index (χ1v) is 5.84. The molecule has 0 aliphatic rings. The molecule has 0 heterocycles. The van der Waals surface area contributed by atoms with E-state index in [2.05, 4.69) is 0 Å². The normalized spacial score (nSPS) is 10.7. The standard InChI is InChI=1S/C14H9FN2O4/c15-12-3-1-2-10(8-12)4-5-11-6-7-13(16(18)19)9-14(11)17(20)21/h1-9H/b5-4+. The highest BCUT2D eigenvalue weighted by atomic mass is 19.1. The van der Waals surface area contributed by atoms with Crippen molar-refractivity contribution in [2.45, 2.75) is 0 Å². The van der Waals surface area contributed by atoms with Crippen molar-refractivity contribution < 1.29 is 14.2 Å². The summed E-state index contributed by atoms with van der Waals surface area (Å²) in [4.78, 5) is 20.2. The summed E-state index contributed by atoms with van der Waals surface area (Å²) in [7, 11) is 0. The Bertz CT molecular complexity index is 744. The maximum Gasteiger partial charge on any atom is 0.283 e. The van der Waals surface area contributed by atoms with Crippen LogP contribution in [0.5, 0.6) is 0 Å². The third-order valence-corrected chi connectivity index (χ3v) is 2.73. The summed E-state index contributed by atoms with van der Waals surface area (Å²) in [5, 5.41) is 21.6. The number of rotatable bonds is 4. The minimum atomic E-state index is -0.701. The SMILES string of the molecule is O=[N+]([O-])c1ccc(/C=C/c2cccc(F)c2)c([N+](=O)[O-])c1. The highest BCUT2D eigenvalue weighted by molar-refractivity contribution is 5.75. The zero-order valence-corrected chi connectivity index (χ0v) is 10.6. The van der Waals surface area contributed by atoms with E-state index in [4.69, 9.17) is 0 Å². The molecular formula is C14H9FN2O4. The molecule has 0 atom stereocenters. The van der Waals surface area contributed by atoms with Crippen molar-refractivity contribution in [3.05, 3.63) is 79.6 Å². The number of nitro benzene ring substituents is 2. The molecule has 0 aromatic heterocycles. The fourth-order valence-corrected chi connectivity index (χ4v) is 1.74. The van der Waals surface area contributed by atoms with E-state index in [1.165, 1.54) is 42.5 Å². The maximum atomic E-state index is 13.0. The summed E-state index contributed by atoms with van der Waals surface area (Å²) < 4.78 is 13.0. The third-order valence-electron chi connectivity index (χ3n) is 2.73. The molecular weight excluding hydrogens is 279 g/mol. The first kappa shape index (κ1) is 14.3. The van der Waals surface area contributed by atoms with Gasteiger partial charge in [0.2, 0.25) is 0 Å². The van der Waals surface area contributed by atoms with Crippen LogP contribution < -0.4 is 0 Å². The van der Waals surface area contributed by atoms with Crippen LogP contribution >= 0.6 is 0 Å². The molecule has 2 rings (SSSR count). The molecule has 0 aliphatic carbocycles. The van der Waals surface area contributed by atoms with E-state index < -0.39 is 15.7 Å². The Morgan fingerprint density at radius 3 is 2.33 bits per heavy atom. The van der Waals surface area contributed by atoms with Crippen molar-refractivity contribution >= 4 is 23.5 Å². The van der Waals surface area contributed by atoms with E-state index in [9.17, 15) is 24.6 Å². The quantitative estimate of drug-likeness (QED) is 0.486. The van der Waals surface area contributed by atoms with Crippen molar-refractivity contribution in [1.82, 2.24) is 0 Å². The van der Waals surface area contributed by atoms with Crippen LogP contribution in [0.3, 0.4) is 0 Å². The minimum Gasteiger partial charge on any atom is -0.258 e. The van der Waals surface area contributed by atoms with Gasteiger partial charge in [0.1, 0.15) is 5.82 Å². The van der Waals surface area contributed by atoms with Crippen LogP contribution in [0, 0.1) is 26.0 Å². The predicted molar refractivity (Wildman–Crippen MR) is 75.1 cm³/mol. The molecule has 0 N–H and O–H groups in total. The third kappa shape index (κ3) is 3.47. The highest BCUT2D eigenvalue weighted by Crippen LogP contribution is 2.26. The Hall–Kier alpha value is -3.09. The van der Waals surface area contributed by atoms with E-state index in [0.717, 1.165) is 6.07 Å². The zero-order chi connectivity index (χ0) is 15.4. The first-order chi connectivity index (χ1) is 9.97. The van der Waals surface area contributed by atoms with Crippen molar-refractivity contribution in [1.29, 1.82) is 0 Å². The lowest BCUT2D eigenvalue weighted by Crippen LogP contribution is -1.94. The lowest BCUT2D eigenvalue weighted by atomic mass is 10.1. The molecule has 2 aromatic carbocycles. The van der Waals surface area contributed by atoms with Gasteiger partial charge in [-0.3, -0.25) is 20.2 Å². The van der Waals surface area contributed by atoms with Crippen LogP contribution in [-0.2, 0) is 0 Å². The molecule has 7 heteroatoms. The number of halogens is 1. The number of non-ortho nitro benzene ring substituents is 1. The smallest absolute Gasteiger partial charge is 0.258 e. The van der Waals surface area contributed by atoms with Gasteiger partial charge in [0, 0.05) is 6.07 Å². The molecule has 0 radical (unpaired) electrons. The zero-order valence-electron chi connectivity index (χ0n) is 10.6. The Kier molecular flexibility index (Phi) is 4.03. The van der Waals surface area contributed by atoms with Gasteiger partial charge in [-0.1, -0.05) is 18.2 Å². The lowest BCUT2D eigenvalue weighted by molar-refractivity contribution is -0.394. The Labute approximate surface area is 118 Å². The second-order valence-electron chi connectivity index (χ2n) is 4.15. The van der Waals surface area contributed by atoms with Crippen LogP contribution in [0.4, 0.5) is 15.8 Å². The van der Waals surface area contributed by atoms with E-state index in [1.54, 1.807) is 6.07 Å². The largest absolute Gasteiger partial charge is 0.283 e. The fourth-order valence-electron chi connectivity index (χ4n) is 1.74. The van der Waals surface area contributed by atoms with Gasteiger partial charge in [-0.25, -0.2) is 4.39 Å². The number of hydrogen-bond acceptors (Lipinski definition) is 4. The van der Waals surface area contributed by atoms with Gasteiger partial charge < -0.3 is 0 Å². The average molecular weight is 288 g/mol. The molecule has 6 nitrogen and oxygen atoms in total. The molecule has 106 valence electrons. The Morgan fingerprint density at radius 2 is 1.71 bits per heavy atom.